The smallest absolute Gasteiger partial charge is 0.183 e. The lowest BCUT2D eigenvalue weighted by atomic mass is 9.81. The van der Waals surface area contributed by atoms with Crippen molar-refractivity contribution in [1.29, 1.82) is 0 Å². The Hall–Kier alpha value is 0.200. The van der Waals surface area contributed by atoms with Crippen molar-refractivity contribution in [3.8, 4) is 0 Å². The minimum atomic E-state index is 0.778. The van der Waals surface area contributed by atoms with Crippen molar-refractivity contribution in [1.82, 2.24) is 5.32 Å². The van der Waals surface area contributed by atoms with E-state index in [-0.39, 0.29) is 0 Å². The zero-order valence-corrected chi connectivity index (χ0v) is 14.0. The first-order valence-electron chi connectivity index (χ1n) is 6.79. The van der Waals surface area contributed by atoms with Crippen LogP contribution in [-0.2, 0) is 6.54 Å². The van der Waals surface area contributed by atoms with Crippen LogP contribution in [0.4, 0.5) is 0 Å². The number of nitrogens with one attached hydrogen (secondary N) is 1. The lowest BCUT2D eigenvalue weighted by Gasteiger charge is -2.26. The van der Waals surface area contributed by atoms with Crippen LogP contribution in [0.5, 0.6) is 0 Å². The second-order valence-corrected chi connectivity index (χ2v) is 7.00. The third kappa shape index (κ3) is 4.39. The summed E-state index contributed by atoms with van der Waals surface area (Å²) < 4.78 is 7.29. The highest BCUT2D eigenvalue weighted by Crippen LogP contribution is 2.30. The van der Waals surface area contributed by atoms with E-state index < -0.39 is 0 Å². The van der Waals surface area contributed by atoms with E-state index >= 15 is 0 Å². The predicted octanol–water partition coefficient (Wildman–Crippen LogP) is 5.11. The van der Waals surface area contributed by atoms with Gasteiger partial charge in [-0.25, -0.2) is 0 Å². The highest BCUT2D eigenvalue weighted by Gasteiger charge is 2.17. The molecular formula is C14H21Br2NO. The summed E-state index contributed by atoms with van der Waals surface area (Å²) in [5.74, 6) is 2.86. The summed E-state index contributed by atoms with van der Waals surface area (Å²) in [5.41, 5.74) is 0. The van der Waals surface area contributed by atoms with Gasteiger partial charge >= 0.3 is 0 Å². The minimum Gasteiger partial charge on any atom is -0.452 e. The maximum atomic E-state index is 5.53. The first-order chi connectivity index (χ1) is 8.65. The van der Waals surface area contributed by atoms with Crippen LogP contribution in [0.3, 0.4) is 0 Å². The summed E-state index contributed by atoms with van der Waals surface area (Å²) in [6.07, 6.45) is 6.97. The molecule has 0 unspecified atom stereocenters. The Labute approximate surface area is 126 Å². The Balaban J connectivity index is 1.61. The molecule has 2 rings (SSSR count). The van der Waals surface area contributed by atoms with E-state index in [1.807, 2.05) is 6.07 Å². The number of furan rings is 1. The molecule has 0 aromatic carbocycles. The normalized spacial score (nSPS) is 24.4. The fraction of sp³-hybridized carbons (Fsp3) is 0.714. The molecule has 1 fully saturated rings. The molecule has 18 heavy (non-hydrogen) atoms. The average Bonchev–Trinajstić information content (AvgIpc) is 2.67. The van der Waals surface area contributed by atoms with Gasteiger partial charge in [0.15, 0.2) is 4.67 Å². The zero-order chi connectivity index (χ0) is 13.0. The summed E-state index contributed by atoms with van der Waals surface area (Å²) in [6, 6.07) is 2.01. The molecule has 2 nitrogen and oxygen atoms in total. The van der Waals surface area contributed by atoms with Gasteiger partial charge in [-0.2, -0.15) is 0 Å². The SMILES string of the molecule is CC1CCC(CCNCc2cc(Br)c(Br)o2)CC1. The Kier molecular flexibility index (Phi) is 5.77. The molecule has 0 bridgehead atoms. The summed E-state index contributed by atoms with van der Waals surface area (Å²) in [5, 5.41) is 3.47. The quantitative estimate of drug-likeness (QED) is 0.720. The number of hydrogen-bond donors (Lipinski definition) is 1. The Bertz CT molecular complexity index is 350. The molecular weight excluding hydrogens is 358 g/mol. The predicted molar refractivity (Wildman–Crippen MR) is 81.6 cm³/mol. The Morgan fingerprint density at radius 1 is 1.28 bits per heavy atom. The van der Waals surface area contributed by atoms with Gasteiger partial charge in [0, 0.05) is 0 Å². The van der Waals surface area contributed by atoms with Gasteiger partial charge in [0.2, 0.25) is 0 Å². The number of hydrogen-bond acceptors (Lipinski definition) is 2. The van der Waals surface area contributed by atoms with Crippen LogP contribution in [0.25, 0.3) is 0 Å². The van der Waals surface area contributed by atoms with Gasteiger partial charge in [0.1, 0.15) is 5.76 Å². The van der Waals surface area contributed by atoms with Crippen LogP contribution >= 0.6 is 31.9 Å². The summed E-state index contributed by atoms with van der Waals surface area (Å²) in [6.45, 7) is 4.28. The van der Waals surface area contributed by atoms with E-state index in [9.17, 15) is 0 Å². The molecule has 0 radical (unpaired) electrons. The zero-order valence-electron chi connectivity index (χ0n) is 10.8. The average molecular weight is 379 g/mol. The second kappa shape index (κ2) is 7.11. The molecule has 102 valence electrons. The third-order valence-electron chi connectivity index (χ3n) is 3.86. The number of halogens is 2. The molecule has 0 amide bonds. The number of rotatable bonds is 5. The topological polar surface area (TPSA) is 25.2 Å². The first kappa shape index (κ1) is 14.6. The van der Waals surface area contributed by atoms with Crippen molar-refractivity contribution in [3.05, 3.63) is 21.0 Å². The van der Waals surface area contributed by atoms with Gasteiger partial charge in [0.05, 0.1) is 11.0 Å². The fourth-order valence-electron chi connectivity index (χ4n) is 2.61. The van der Waals surface area contributed by atoms with Crippen LogP contribution in [0.1, 0.15) is 44.8 Å². The molecule has 1 heterocycles. The molecule has 1 aromatic heterocycles. The first-order valence-corrected chi connectivity index (χ1v) is 8.38. The summed E-state index contributed by atoms with van der Waals surface area (Å²) >= 11 is 6.78. The maximum absolute atomic E-state index is 5.53. The molecule has 0 saturated heterocycles. The molecule has 4 heteroatoms. The largest absolute Gasteiger partial charge is 0.452 e. The molecule has 0 spiro atoms. The van der Waals surface area contributed by atoms with Crippen molar-refractivity contribution in [2.45, 2.75) is 45.6 Å². The van der Waals surface area contributed by atoms with E-state index in [0.717, 1.165) is 39.8 Å². The van der Waals surface area contributed by atoms with Crippen LogP contribution in [0.2, 0.25) is 0 Å². The van der Waals surface area contributed by atoms with E-state index in [4.69, 9.17) is 4.42 Å². The molecule has 0 aliphatic heterocycles. The molecule has 0 atom stereocenters. The van der Waals surface area contributed by atoms with Crippen molar-refractivity contribution < 1.29 is 4.42 Å². The standard InChI is InChI=1S/C14H21Br2NO/c1-10-2-4-11(5-3-10)6-7-17-9-12-8-13(15)14(16)18-12/h8,10-11,17H,2-7,9H2,1H3. The molecule has 1 aromatic rings. The van der Waals surface area contributed by atoms with E-state index in [1.165, 1.54) is 32.1 Å². The summed E-state index contributed by atoms with van der Waals surface area (Å²) in [7, 11) is 0. The van der Waals surface area contributed by atoms with Gasteiger partial charge in [-0.3, -0.25) is 0 Å². The van der Waals surface area contributed by atoms with Crippen molar-refractivity contribution in [2.24, 2.45) is 11.8 Å². The van der Waals surface area contributed by atoms with Crippen molar-refractivity contribution in [2.75, 3.05) is 6.54 Å². The van der Waals surface area contributed by atoms with Crippen LogP contribution in [0, 0.1) is 11.8 Å². The maximum Gasteiger partial charge on any atom is 0.183 e. The van der Waals surface area contributed by atoms with E-state index in [0.29, 0.717) is 0 Å². The summed E-state index contributed by atoms with van der Waals surface area (Å²) in [4.78, 5) is 0. The van der Waals surface area contributed by atoms with Crippen molar-refractivity contribution in [3.63, 3.8) is 0 Å². The van der Waals surface area contributed by atoms with Gasteiger partial charge in [-0.15, -0.1) is 0 Å². The fourth-order valence-corrected chi connectivity index (χ4v) is 3.27. The van der Waals surface area contributed by atoms with Gasteiger partial charge in [-0.05, 0) is 62.7 Å². The van der Waals surface area contributed by atoms with Gasteiger partial charge < -0.3 is 9.73 Å². The highest BCUT2D eigenvalue weighted by atomic mass is 79.9. The second-order valence-electron chi connectivity index (χ2n) is 5.43. The third-order valence-corrected chi connectivity index (χ3v) is 5.57. The molecule has 1 aliphatic carbocycles. The lowest BCUT2D eigenvalue weighted by Crippen LogP contribution is -2.20. The minimum absolute atomic E-state index is 0.778. The Morgan fingerprint density at radius 3 is 2.61 bits per heavy atom. The monoisotopic (exact) mass is 377 g/mol. The molecule has 1 saturated carbocycles. The van der Waals surface area contributed by atoms with Crippen LogP contribution < -0.4 is 5.32 Å². The van der Waals surface area contributed by atoms with E-state index in [2.05, 4.69) is 44.1 Å². The molecule has 1 aliphatic rings. The lowest BCUT2D eigenvalue weighted by molar-refractivity contribution is 0.274. The van der Waals surface area contributed by atoms with E-state index in [1.54, 1.807) is 0 Å². The van der Waals surface area contributed by atoms with Gasteiger partial charge in [-0.1, -0.05) is 32.6 Å². The van der Waals surface area contributed by atoms with Crippen molar-refractivity contribution >= 4 is 31.9 Å². The Morgan fingerprint density at radius 2 is 2.00 bits per heavy atom. The molecule has 1 N–H and O–H groups in total. The highest BCUT2D eigenvalue weighted by molar-refractivity contribution is 9.13. The van der Waals surface area contributed by atoms with Gasteiger partial charge in [0.25, 0.3) is 0 Å². The van der Waals surface area contributed by atoms with Crippen LogP contribution in [-0.4, -0.2) is 6.54 Å². The van der Waals surface area contributed by atoms with Crippen LogP contribution in [0.15, 0.2) is 19.6 Å².